The maximum Gasteiger partial charge on any atom is 0.248 e. The number of hydrogen-bond donors (Lipinski definition) is 0. The number of rotatable bonds is 4. The van der Waals surface area contributed by atoms with Crippen molar-refractivity contribution in [2.75, 3.05) is 33.4 Å². The van der Waals surface area contributed by atoms with E-state index in [1.54, 1.807) is 25.7 Å². The summed E-state index contributed by atoms with van der Waals surface area (Å²) in [5, 5.41) is 0. The van der Waals surface area contributed by atoms with Crippen LogP contribution in [-0.4, -0.2) is 60.3 Å². The van der Waals surface area contributed by atoms with Gasteiger partial charge in [0, 0.05) is 45.2 Å². The SMILES string of the molecule is COCC(=O)N1CCC2(CC1)COC(Cc1cnccn1)C2. The molecule has 1 aromatic heterocycles. The summed E-state index contributed by atoms with van der Waals surface area (Å²) < 4.78 is 10.9. The summed E-state index contributed by atoms with van der Waals surface area (Å²) in [6.45, 7) is 2.59. The van der Waals surface area contributed by atoms with Crippen LogP contribution >= 0.6 is 0 Å². The number of methoxy groups -OCH3 is 1. The minimum absolute atomic E-state index is 0.0902. The average Bonchev–Trinajstić information content (AvgIpc) is 2.92. The monoisotopic (exact) mass is 305 g/mol. The Balaban J connectivity index is 1.51. The summed E-state index contributed by atoms with van der Waals surface area (Å²) in [4.78, 5) is 22.2. The molecule has 6 nitrogen and oxygen atoms in total. The van der Waals surface area contributed by atoms with Gasteiger partial charge >= 0.3 is 0 Å². The fourth-order valence-electron chi connectivity index (χ4n) is 3.49. The third kappa shape index (κ3) is 3.44. The molecule has 0 aliphatic carbocycles. The summed E-state index contributed by atoms with van der Waals surface area (Å²) in [5.41, 5.74) is 1.22. The maximum absolute atomic E-state index is 11.9. The molecule has 1 spiro atoms. The molecule has 3 heterocycles. The highest BCUT2D eigenvalue weighted by molar-refractivity contribution is 5.77. The molecule has 6 heteroatoms. The molecule has 0 radical (unpaired) electrons. The van der Waals surface area contributed by atoms with Crippen LogP contribution in [0.1, 0.15) is 25.0 Å². The third-order valence-corrected chi connectivity index (χ3v) is 4.78. The zero-order chi connectivity index (χ0) is 15.4. The number of amides is 1. The van der Waals surface area contributed by atoms with Crippen molar-refractivity contribution in [2.45, 2.75) is 31.8 Å². The molecule has 0 saturated carbocycles. The van der Waals surface area contributed by atoms with Crippen LogP contribution < -0.4 is 0 Å². The Morgan fingerprint density at radius 2 is 2.27 bits per heavy atom. The highest BCUT2D eigenvalue weighted by Crippen LogP contribution is 2.42. The lowest BCUT2D eigenvalue weighted by Crippen LogP contribution is -2.44. The first kappa shape index (κ1) is 15.4. The van der Waals surface area contributed by atoms with Crippen molar-refractivity contribution < 1.29 is 14.3 Å². The summed E-state index contributed by atoms with van der Waals surface area (Å²) in [6.07, 6.45) is 9.34. The van der Waals surface area contributed by atoms with E-state index in [-0.39, 0.29) is 24.0 Å². The number of piperidine rings is 1. The fraction of sp³-hybridized carbons (Fsp3) is 0.688. The van der Waals surface area contributed by atoms with Gasteiger partial charge in [-0.1, -0.05) is 0 Å². The number of hydrogen-bond acceptors (Lipinski definition) is 5. The van der Waals surface area contributed by atoms with Gasteiger partial charge in [-0.05, 0) is 24.7 Å². The van der Waals surface area contributed by atoms with E-state index in [0.717, 1.165) is 51.1 Å². The maximum atomic E-state index is 11.9. The van der Waals surface area contributed by atoms with E-state index in [4.69, 9.17) is 9.47 Å². The van der Waals surface area contributed by atoms with Gasteiger partial charge in [0.05, 0.1) is 18.4 Å². The van der Waals surface area contributed by atoms with Gasteiger partial charge in [0.2, 0.25) is 5.91 Å². The van der Waals surface area contributed by atoms with Crippen LogP contribution in [0.4, 0.5) is 0 Å². The summed E-state index contributed by atoms with van der Waals surface area (Å²) in [7, 11) is 1.56. The summed E-state index contributed by atoms with van der Waals surface area (Å²) >= 11 is 0. The van der Waals surface area contributed by atoms with Gasteiger partial charge in [0.15, 0.2) is 0 Å². The molecule has 2 fully saturated rings. The van der Waals surface area contributed by atoms with Gasteiger partial charge in [-0.3, -0.25) is 14.8 Å². The van der Waals surface area contributed by atoms with Gasteiger partial charge in [0.25, 0.3) is 0 Å². The van der Waals surface area contributed by atoms with Crippen molar-refractivity contribution in [2.24, 2.45) is 5.41 Å². The molecule has 1 atom stereocenters. The number of likely N-dealkylation sites (tertiary alicyclic amines) is 1. The number of aromatic nitrogens is 2. The van der Waals surface area contributed by atoms with E-state index in [1.165, 1.54) is 0 Å². The molecule has 3 rings (SSSR count). The van der Waals surface area contributed by atoms with Crippen molar-refractivity contribution in [3.05, 3.63) is 24.3 Å². The number of nitrogens with zero attached hydrogens (tertiary/aromatic N) is 3. The Kier molecular flexibility index (Phi) is 4.69. The third-order valence-electron chi connectivity index (χ3n) is 4.78. The molecule has 0 bridgehead atoms. The van der Waals surface area contributed by atoms with Crippen molar-refractivity contribution in [3.63, 3.8) is 0 Å². The van der Waals surface area contributed by atoms with Crippen LogP contribution in [-0.2, 0) is 20.7 Å². The van der Waals surface area contributed by atoms with Crippen LogP contribution in [0.25, 0.3) is 0 Å². The van der Waals surface area contributed by atoms with E-state index < -0.39 is 0 Å². The van der Waals surface area contributed by atoms with E-state index in [2.05, 4.69) is 9.97 Å². The Bertz CT molecular complexity index is 501. The molecule has 1 unspecified atom stereocenters. The second-order valence-corrected chi connectivity index (χ2v) is 6.35. The van der Waals surface area contributed by atoms with Crippen LogP contribution in [0.5, 0.6) is 0 Å². The summed E-state index contributed by atoms with van der Waals surface area (Å²) in [6, 6.07) is 0. The molecule has 1 aromatic rings. The van der Waals surface area contributed by atoms with Gasteiger partial charge in [-0.15, -0.1) is 0 Å². The lowest BCUT2D eigenvalue weighted by Gasteiger charge is -2.38. The van der Waals surface area contributed by atoms with Crippen molar-refractivity contribution in [3.8, 4) is 0 Å². The molecule has 22 heavy (non-hydrogen) atoms. The minimum Gasteiger partial charge on any atom is -0.377 e. The van der Waals surface area contributed by atoms with Crippen LogP contribution in [0, 0.1) is 5.41 Å². The smallest absolute Gasteiger partial charge is 0.248 e. The fourth-order valence-corrected chi connectivity index (χ4v) is 3.49. The Labute approximate surface area is 130 Å². The first-order valence-corrected chi connectivity index (χ1v) is 7.84. The topological polar surface area (TPSA) is 64.5 Å². The van der Waals surface area contributed by atoms with Gasteiger partial charge in [-0.25, -0.2) is 0 Å². The molecule has 0 N–H and O–H groups in total. The number of ether oxygens (including phenoxy) is 2. The Morgan fingerprint density at radius 3 is 2.95 bits per heavy atom. The predicted molar refractivity (Wildman–Crippen MR) is 80.2 cm³/mol. The normalized spacial score (nSPS) is 23.9. The molecule has 2 aliphatic heterocycles. The zero-order valence-electron chi connectivity index (χ0n) is 13.0. The van der Waals surface area contributed by atoms with Crippen LogP contribution in [0.15, 0.2) is 18.6 Å². The Hall–Kier alpha value is -1.53. The number of carbonyl (C=O) groups excluding carboxylic acids is 1. The van der Waals surface area contributed by atoms with Gasteiger partial charge in [-0.2, -0.15) is 0 Å². The van der Waals surface area contributed by atoms with Crippen molar-refractivity contribution in [1.82, 2.24) is 14.9 Å². The first-order chi connectivity index (χ1) is 10.7. The zero-order valence-corrected chi connectivity index (χ0v) is 13.0. The molecule has 2 saturated heterocycles. The van der Waals surface area contributed by atoms with Crippen molar-refractivity contribution in [1.29, 1.82) is 0 Å². The van der Waals surface area contributed by atoms with Crippen molar-refractivity contribution >= 4 is 5.91 Å². The lowest BCUT2D eigenvalue weighted by atomic mass is 9.76. The highest BCUT2D eigenvalue weighted by atomic mass is 16.5. The first-order valence-electron chi connectivity index (χ1n) is 7.84. The second-order valence-electron chi connectivity index (χ2n) is 6.35. The van der Waals surface area contributed by atoms with E-state index in [0.29, 0.717) is 0 Å². The van der Waals surface area contributed by atoms with Crippen LogP contribution in [0.3, 0.4) is 0 Å². The molecular weight excluding hydrogens is 282 g/mol. The van der Waals surface area contributed by atoms with E-state index in [1.807, 2.05) is 4.90 Å². The second kappa shape index (κ2) is 6.71. The molecule has 120 valence electrons. The molecular formula is C16H23N3O3. The highest BCUT2D eigenvalue weighted by Gasteiger charge is 2.43. The standard InChI is InChI=1S/C16H23N3O3/c1-21-11-15(20)19-6-2-16(3-7-19)9-14(22-12-16)8-13-10-17-4-5-18-13/h4-5,10,14H,2-3,6-9,11-12H2,1H3. The van der Waals surface area contributed by atoms with E-state index in [9.17, 15) is 4.79 Å². The molecule has 0 aromatic carbocycles. The minimum atomic E-state index is 0.0902. The summed E-state index contributed by atoms with van der Waals surface area (Å²) in [5.74, 6) is 0.0902. The van der Waals surface area contributed by atoms with Crippen LogP contribution in [0.2, 0.25) is 0 Å². The predicted octanol–water partition coefficient (Wildman–Crippen LogP) is 1.06. The van der Waals surface area contributed by atoms with E-state index >= 15 is 0 Å². The molecule has 2 aliphatic rings. The number of carbonyl (C=O) groups is 1. The van der Waals surface area contributed by atoms with Gasteiger partial charge in [0.1, 0.15) is 6.61 Å². The molecule has 1 amide bonds. The quantitative estimate of drug-likeness (QED) is 0.832. The Morgan fingerprint density at radius 1 is 1.45 bits per heavy atom. The lowest BCUT2D eigenvalue weighted by molar-refractivity contribution is -0.137. The van der Waals surface area contributed by atoms with Gasteiger partial charge < -0.3 is 14.4 Å². The largest absolute Gasteiger partial charge is 0.377 e. The average molecular weight is 305 g/mol.